The largest absolute Gasteiger partial charge is 0.481 e. The van der Waals surface area contributed by atoms with E-state index in [4.69, 9.17) is 5.11 Å². The van der Waals surface area contributed by atoms with Crippen molar-refractivity contribution >= 4 is 17.9 Å². The predicted octanol–water partition coefficient (Wildman–Crippen LogP) is 0.359. The number of carbonyl (C=O) groups excluding carboxylic acids is 2. The van der Waals surface area contributed by atoms with Gasteiger partial charge in [-0.15, -0.1) is 0 Å². The third-order valence-electron chi connectivity index (χ3n) is 3.60. The molecule has 3 amide bonds. The van der Waals surface area contributed by atoms with Crippen LogP contribution in [0.25, 0.3) is 0 Å². The lowest BCUT2D eigenvalue weighted by molar-refractivity contribution is -0.143. The van der Waals surface area contributed by atoms with Gasteiger partial charge in [0.15, 0.2) is 0 Å². The van der Waals surface area contributed by atoms with E-state index >= 15 is 0 Å². The fourth-order valence-electron chi connectivity index (χ4n) is 2.30. The van der Waals surface area contributed by atoms with Crippen LogP contribution in [-0.2, 0) is 9.59 Å². The average Bonchev–Trinajstić information content (AvgIpc) is 2.37. The maximum atomic E-state index is 12.0. The van der Waals surface area contributed by atoms with Gasteiger partial charge in [0.1, 0.15) is 0 Å². The first-order chi connectivity index (χ1) is 9.32. The van der Waals surface area contributed by atoms with E-state index in [0.717, 1.165) is 0 Å². The van der Waals surface area contributed by atoms with E-state index in [2.05, 4.69) is 5.32 Å². The maximum Gasteiger partial charge on any atom is 0.317 e. The molecule has 2 unspecified atom stereocenters. The van der Waals surface area contributed by atoms with Gasteiger partial charge in [0.25, 0.3) is 0 Å². The van der Waals surface area contributed by atoms with Crippen LogP contribution < -0.4 is 5.32 Å². The van der Waals surface area contributed by atoms with Gasteiger partial charge in [-0.05, 0) is 19.8 Å². The first-order valence-electron chi connectivity index (χ1n) is 6.80. The first-order valence-corrected chi connectivity index (χ1v) is 6.80. The summed E-state index contributed by atoms with van der Waals surface area (Å²) in [6, 6.07) is -0.331. The summed E-state index contributed by atoms with van der Waals surface area (Å²) in [5.74, 6) is -1.21. The van der Waals surface area contributed by atoms with E-state index in [9.17, 15) is 14.4 Å². The minimum absolute atomic E-state index is 0.0390. The Labute approximate surface area is 118 Å². The molecule has 20 heavy (non-hydrogen) atoms. The van der Waals surface area contributed by atoms with Gasteiger partial charge in [0.05, 0.1) is 5.92 Å². The van der Waals surface area contributed by atoms with Crippen molar-refractivity contribution in [2.24, 2.45) is 5.92 Å². The molecule has 2 N–H and O–H groups in total. The lowest BCUT2D eigenvalue weighted by atomic mass is 9.92. The number of rotatable bonds is 4. The van der Waals surface area contributed by atoms with Crippen LogP contribution in [0.1, 0.15) is 26.2 Å². The Kier molecular flexibility index (Phi) is 5.79. The van der Waals surface area contributed by atoms with Gasteiger partial charge in [0, 0.05) is 39.6 Å². The van der Waals surface area contributed by atoms with Crippen molar-refractivity contribution in [3.63, 3.8) is 0 Å². The van der Waals surface area contributed by atoms with E-state index in [1.807, 2.05) is 6.92 Å². The number of carbonyl (C=O) groups is 3. The number of nitrogens with zero attached hydrogens (tertiary/aromatic N) is 2. The fourth-order valence-corrected chi connectivity index (χ4v) is 2.30. The van der Waals surface area contributed by atoms with E-state index in [-0.39, 0.29) is 30.3 Å². The number of nitrogens with one attached hydrogen (secondary N) is 1. The van der Waals surface area contributed by atoms with Crippen molar-refractivity contribution in [1.82, 2.24) is 15.1 Å². The number of hydrogen-bond donors (Lipinski definition) is 2. The SMILES string of the molecule is CC1CC(C(=O)O)CCN1C(=O)NCCC(=O)N(C)C. The molecule has 1 heterocycles. The van der Waals surface area contributed by atoms with Crippen molar-refractivity contribution in [1.29, 1.82) is 0 Å². The number of amides is 3. The molecule has 7 nitrogen and oxygen atoms in total. The van der Waals surface area contributed by atoms with Crippen LogP contribution in [0.5, 0.6) is 0 Å². The molecule has 0 aliphatic carbocycles. The van der Waals surface area contributed by atoms with Crippen molar-refractivity contribution in [3.05, 3.63) is 0 Å². The van der Waals surface area contributed by atoms with Gasteiger partial charge in [0.2, 0.25) is 5.91 Å². The second-order valence-electron chi connectivity index (χ2n) is 5.37. The number of piperidine rings is 1. The molecule has 0 bridgehead atoms. The van der Waals surface area contributed by atoms with Crippen LogP contribution in [0.3, 0.4) is 0 Å². The molecule has 0 aromatic rings. The third-order valence-corrected chi connectivity index (χ3v) is 3.60. The molecule has 1 fully saturated rings. The molecule has 0 aromatic carbocycles. The summed E-state index contributed by atoms with van der Waals surface area (Å²) in [4.78, 5) is 37.4. The molecule has 1 aliphatic heterocycles. The highest BCUT2D eigenvalue weighted by molar-refractivity contribution is 5.78. The highest BCUT2D eigenvalue weighted by atomic mass is 16.4. The quantitative estimate of drug-likeness (QED) is 0.780. The van der Waals surface area contributed by atoms with Crippen molar-refractivity contribution < 1.29 is 19.5 Å². The van der Waals surface area contributed by atoms with Gasteiger partial charge >= 0.3 is 12.0 Å². The topological polar surface area (TPSA) is 90.0 Å². The van der Waals surface area contributed by atoms with E-state index in [1.54, 1.807) is 19.0 Å². The van der Waals surface area contributed by atoms with E-state index in [1.165, 1.54) is 4.90 Å². The summed E-state index contributed by atoms with van der Waals surface area (Å²) in [5, 5.41) is 11.7. The summed E-state index contributed by atoms with van der Waals surface area (Å²) in [5.41, 5.74) is 0. The Morgan fingerprint density at radius 3 is 2.50 bits per heavy atom. The lowest BCUT2D eigenvalue weighted by Gasteiger charge is -2.36. The second kappa shape index (κ2) is 7.12. The fraction of sp³-hybridized carbons (Fsp3) is 0.769. The monoisotopic (exact) mass is 285 g/mol. The van der Waals surface area contributed by atoms with Crippen molar-refractivity contribution in [2.45, 2.75) is 32.2 Å². The first kappa shape index (κ1) is 16.3. The van der Waals surface area contributed by atoms with Gasteiger partial charge < -0.3 is 20.2 Å². The van der Waals surface area contributed by atoms with Gasteiger partial charge in [-0.3, -0.25) is 9.59 Å². The molecule has 1 rings (SSSR count). The standard InChI is InChI=1S/C13H23N3O4/c1-9-8-10(12(18)19)5-7-16(9)13(20)14-6-4-11(17)15(2)3/h9-10H,4-8H2,1-3H3,(H,14,20)(H,18,19). The van der Waals surface area contributed by atoms with Crippen LogP contribution >= 0.6 is 0 Å². The Hall–Kier alpha value is -1.79. The van der Waals surface area contributed by atoms with Gasteiger partial charge in [-0.1, -0.05) is 0 Å². The Balaban J connectivity index is 2.37. The predicted molar refractivity (Wildman–Crippen MR) is 73.2 cm³/mol. The summed E-state index contributed by atoms with van der Waals surface area (Å²) in [6.45, 7) is 2.58. The normalized spacial score (nSPS) is 22.2. The number of likely N-dealkylation sites (tertiary alicyclic amines) is 1. The molecular formula is C13H23N3O4. The highest BCUT2D eigenvalue weighted by Gasteiger charge is 2.32. The number of carboxylic acid groups (broad SMARTS) is 1. The molecule has 1 saturated heterocycles. The minimum Gasteiger partial charge on any atom is -0.481 e. The molecular weight excluding hydrogens is 262 g/mol. The molecule has 0 aromatic heterocycles. The third kappa shape index (κ3) is 4.40. The summed E-state index contributed by atoms with van der Waals surface area (Å²) in [6.07, 6.45) is 1.21. The van der Waals surface area contributed by atoms with Crippen molar-refractivity contribution in [3.8, 4) is 0 Å². The number of urea groups is 1. The molecule has 0 spiro atoms. The number of hydrogen-bond acceptors (Lipinski definition) is 3. The second-order valence-corrected chi connectivity index (χ2v) is 5.37. The van der Waals surface area contributed by atoms with Crippen LogP contribution in [0.4, 0.5) is 4.79 Å². The average molecular weight is 285 g/mol. The van der Waals surface area contributed by atoms with Gasteiger partial charge in [-0.2, -0.15) is 0 Å². The zero-order valence-corrected chi connectivity index (χ0v) is 12.3. The van der Waals surface area contributed by atoms with E-state index < -0.39 is 5.97 Å². The smallest absolute Gasteiger partial charge is 0.317 e. The highest BCUT2D eigenvalue weighted by Crippen LogP contribution is 2.22. The summed E-state index contributed by atoms with van der Waals surface area (Å²) < 4.78 is 0. The van der Waals surface area contributed by atoms with Crippen molar-refractivity contribution in [2.75, 3.05) is 27.2 Å². The Bertz CT molecular complexity index is 384. The number of aliphatic carboxylic acids is 1. The summed E-state index contributed by atoms with van der Waals surface area (Å²) >= 11 is 0. The van der Waals surface area contributed by atoms with Crippen LogP contribution in [-0.4, -0.2) is 66.0 Å². The van der Waals surface area contributed by atoms with Crippen LogP contribution in [0.2, 0.25) is 0 Å². The molecule has 114 valence electrons. The molecule has 2 atom stereocenters. The zero-order chi connectivity index (χ0) is 15.3. The molecule has 7 heteroatoms. The maximum absolute atomic E-state index is 12.0. The zero-order valence-electron chi connectivity index (χ0n) is 12.3. The molecule has 1 aliphatic rings. The van der Waals surface area contributed by atoms with Crippen LogP contribution in [0.15, 0.2) is 0 Å². The number of carboxylic acids is 1. The Morgan fingerprint density at radius 2 is 2.00 bits per heavy atom. The molecule has 0 radical (unpaired) electrons. The van der Waals surface area contributed by atoms with Gasteiger partial charge in [-0.25, -0.2) is 4.79 Å². The minimum atomic E-state index is -0.798. The lowest BCUT2D eigenvalue weighted by Crippen LogP contribution is -2.50. The summed E-state index contributed by atoms with van der Waals surface area (Å²) in [7, 11) is 3.34. The molecule has 0 saturated carbocycles. The Morgan fingerprint density at radius 1 is 1.35 bits per heavy atom. The van der Waals surface area contributed by atoms with Crippen LogP contribution in [0, 0.1) is 5.92 Å². The van der Waals surface area contributed by atoms with E-state index in [0.29, 0.717) is 25.9 Å².